The third kappa shape index (κ3) is 4.29. The number of ketones is 1. The zero-order valence-electron chi connectivity index (χ0n) is 9.41. The molecule has 3 nitrogen and oxygen atoms in total. The van der Waals surface area contributed by atoms with E-state index in [2.05, 4.69) is 0 Å². The molecule has 0 spiro atoms. The van der Waals surface area contributed by atoms with Crippen LogP contribution in [0.1, 0.15) is 12.0 Å². The molecule has 0 aliphatic rings. The molecule has 0 radical (unpaired) electrons. The summed E-state index contributed by atoms with van der Waals surface area (Å²) in [6, 6.07) is 4.94. The highest BCUT2D eigenvalue weighted by molar-refractivity contribution is 5.82. The molecular formula is C12H12F2N2O. The van der Waals surface area contributed by atoms with Gasteiger partial charge in [0.15, 0.2) is 5.78 Å². The van der Waals surface area contributed by atoms with Crippen LogP contribution in [0, 0.1) is 23.0 Å². The summed E-state index contributed by atoms with van der Waals surface area (Å²) < 4.78 is 26.2. The fraction of sp³-hybridized carbons (Fsp3) is 0.333. The van der Waals surface area contributed by atoms with Crippen molar-refractivity contribution in [1.82, 2.24) is 4.90 Å². The van der Waals surface area contributed by atoms with Gasteiger partial charge in [0, 0.05) is 12.1 Å². The van der Waals surface area contributed by atoms with Crippen LogP contribution in [0.4, 0.5) is 8.78 Å². The third-order valence-corrected chi connectivity index (χ3v) is 2.17. The van der Waals surface area contributed by atoms with E-state index in [1.54, 1.807) is 13.1 Å². The Balaban J connectivity index is 2.62. The van der Waals surface area contributed by atoms with Crippen molar-refractivity contribution in [3.63, 3.8) is 0 Å². The van der Waals surface area contributed by atoms with Gasteiger partial charge in [-0.2, -0.15) is 5.26 Å². The van der Waals surface area contributed by atoms with Crippen LogP contribution in [0.2, 0.25) is 0 Å². The molecule has 0 heterocycles. The lowest BCUT2D eigenvalue weighted by atomic mass is 10.2. The highest BCUT2D eigenvalue weighted by Gasteiger charge is 2.10. The van der Waals surface area contributed by atoms with E-state index in [9.17, 15) is 13.6 Å². The van der Waals surface area contributed by atoms with Crippen molar-refractivity contribution < 1.29 is 13.6 Å². The largest absolute Gasteiger partial charge is 0.297 e. The van der Waals surface area contributed by atoms with Crippen molar-refractivity contribution in [3.8, 4) is 6.07 Å². The summed E-state index contributed by atoms with van der Waals surface area (Å²) in [4.78, 5) is 12.7. The van der Waals surface area contributed by atoms with Gasteiger partial charge >= 0.3 is 0 Å². The maximum atomic E-state index is 13.3. The van der Waals surface area contributed by atoms with Gasteiger partial charge in [0.25, 0.3) is 0 Å². The van der Waals surface area contributed by atoms with Crippen molar-refractivity contribution in [3.05, 3.63) is 35.4 Å². The van der Waals surface area contributed by atoms with Crippen LogP contribution in [-0.2, 0) is 11.3 Å². The molecule has 1 aromatic carbocycles. The molecule has 90 valence electrons. The first kappa shape index (κ1) is 13.3. The molecule has 0 saturated carbocycles. The number of halogens is 2. The second-order valence-electron chi connectivity index (χ2n) is 3.78. The first-order valence-electron chi connectivity index (χ1n) is 5.04. The summed E-state index contributed by atoms with van der Waals surface area (Å²) in [5.74, 6) is -1.27. The summed E-state index contributed by atoms with van der Waals surface area (Å²) in [5, 5.41) is 8.32. The first-order chi connectivity index (χ1) is 8.02. The van der Waals surface area contributed by atoms with Crippen LogP contribution in [0.3, 0.4) is 0 Å². The highest BCUT2D eigenvalue weighted by atomic mass is 19.1. The number of nitrogens with zero attached hydrogens (tertiary/aromatic N) is 2. The molecule has 0 amide bonds. The van der Waals surface area contributed by atoms with E-state index in [-0.39, 0.29) is 30.9 Å². The van der Waals surface area contributed by atoms with Gasteiger partial charge in [-0.3, -0.25) is 9.69 Å². The Hall–Kier alpha value is -1.80. The Kier molecular flexibility index (Phi) is 4.73. The van der Waals surface area contributed by atoms with Crippen molar-refractivity contribution in [2.24, 2.45) is 0 Å². The maximum absolute atomic E-state index is 13.3. The summed E-state index contributed by atoms with van der Waals surface area (Å²) in [6.45, 7) is 0.171. The van der Waals surface area contributed by atoms with E-state index in [1.165, 1.54) is 4.90 Å². The number of Topliss-reactive ketones (excluding diaryl/α,β-unsaturated/α-hetero) is 1. The van der Waals surface area contributed by atoms with Gasteiger partial charge in [-0.15, -0.1) is 0 Å². The standard InChI is InChI=1S/C12H12F2N2O/c1-16(8-11(17)4-5-15)7-9-6-10(13)2-3-12(9)14/h2-3,6H,4,7-8H2,1H3. The maximum Gasteiger partial charge on any atom is 0.160 e. The molecule has 0 aromatic heterocycles. The lowest BCUT2D eigenvalue weighted by Gasteiger charge is -2.15. The Bertz CT molecular complexity index is 454. The van der Waals surface area contributed by atoms with Crippen LogP contribution in [0.15, 0.2) is 18.2 Å². The summed E-state index contributed by atoms with van der Waals surface area (Å²) in [5.41, 5.74) is 0.192. The number of benzene rings is 1. The molecule has 0 atom stereocenters. The molecular weight excluding hydrogens is 226 g/mol. The lowest BCUT2D eigenvalue weighted by Crippen LogP contribution is -2.25. The highest BCUT2D eigenvalue weighted by Crippen LogP contribution is 2.11. The minimum absolute atomic E-state index is 0.0452. The Morgan fingerprint density at radius 1 is 1.47 bits per heavy atom. The minimum Gasteiger partial charge on any atom is -0.297 e. The normalized spacial score (nSPS) is 10.3. The summed E-state index contributed by atoms with van der Waals surface area (Å²) in [6.07, 6.45) is -0.171. The molecule has 1 aromatic rings. The van der Waals surface area contributed by atoms with Crippen LogP contribution < -0.4 is 0 Å². The molecule has 0 fully saturated rings. The Morgan fingerprint density at radius 2 is 2.18 bits per heavy atom. The zero-order chi connectivity index (χ0) is 12.8. The van der Waals surface area contributed by atoms with Crippen LogP contribution >= 0.6 is 0 Å². The fourth-order valence-electron chi connectivity index (χ4n) is 1.46. The summed E-state index contributed by atoms with van der Waals surface area (Å²) in [7, 11) is 1.61. The molecule has 0 unspecified atom stereocenters. The SMILES string of the molecule is CN(CC(=O)CC#N)Cc1cc(F)ccc1F. The van der Waals surface area contributed by atoms with E-state index in [0.29, 0.717) is 0 Å². The van der Waals surface area contributed by atoms with Gasteiger partial charge in [-0.25, -0.2) is 8.78 Å². The average Bonchev–Trinajstić information content (AvgIpc) is 2.23. The van der Waals surface area contributed by atoms with Crippen LogP contribution in [0.5, 0.6) is 0 Å². The van der Waals surface area contributed by atoms with E-state index in [1.807, 2.05) is 0 Å². The molecule has 1 rings (SSSR count). The van der Waals surface area contributed by atoms with Gasteiger partial charge in [-0.05, 0) is 25.2 Å². The fourth-order valence-corrected chi connectivity index (χ4v) is 1.46. The van der Waals surface area contributed by atoms with Crippen molar-refractivity contribution >= 4 is 5.78 Å². The van der Waals surface area contributed by atoms with E-state index in [4.69, 9.17) is 5.26 Å². The molecule has 0 aliphatic heterocycles. The van der Waals surface area contributed by atoms with Crippen molar-refractivity contribution in [1.29, 1.82) is 5.26 Å². The van der Waals surface area contributed by atoms with Crippen molar-refractivity contribution in [2.45, 2.75) is 13.0 Å². The molecule has 17 heavy (non-hydrogen) atoms. The average molecular weight is 238 g/mol. The molecule has 0 saturated heterocycles. The molecule has 0 aliphatic carbocycles. The monoisotopic (exact) mass is 238 g/mol. The van der Waals surface area contributed by atoms with Gasteiger partial charge in [0.2, 0.25) is 0 Å². The van der Waals surface area contributed by atoms with Crippen LogP contribution in [0.25, 0.3) is 0 Å². The number of rotatable bonds is 5. The zero-order valence-corrected chi connectivity index (χ0v) is 9.41. The molecule has 0 bridgehead atoms. The Morgan fingerprint density at radius 3 is 2.82 bits per heavy atom. The van der Waals surface area contributed by atoms with E-state index in [0.717, 1.165) is 18.2 Å². The number of carbonyl (C=O) groups excluding carboxylic acids is 1. The topological polar surface area (TPSA) is 44.1 Å². The molecule has 5 heteroatoms. The number of hydrogen-bond acceptors (Lipinski definition) is 3. The first-order valence-corrected chi connectivity index (χ1v) is 5.04. The van der Waals surface area contributed by atoms with Gasteiger partial charge in [0.05, 0.1) is 19.0 Å². The Labute approximate surface area is 98.3 Å². The molecule has 0 N–H and O–H groups in total. The number of carbonyl (C=O) groups is 1. The second kappa shape index (κ2) is 6.06. The van der Waals surface area contributed by atoms with E-state index < -0.39 is 11.6 Å². The third-order valence-electron chi connectivity index (χ3n) is 2.17. The smallest absolute Gasteiger partial charge is 0.160 e. The second-order valence-corrected chi connectivity index (χ2v) is 3.78. The van der Waals surface area contributed by atoms with Crippen LogP contribution in [-0.4, -0.2) is 24.3 Å². The quantitative estimate of drug-likeness (QED) is 0.786. The van der Waals surface area contributed by atoms with E-state index >= 15 is 0 Å². The minimum atomic E-state index is -0.516. The predicted octanol–water partition coefficient (Wildman–Crippen LogP) is 1.88. The number of likely N-dealkylation sites (N-methyl/N-ethyl adjacent to an activating group) is 1. The number of nitriles is 1. The lowest BCUT2D eigenvalue weighted by molar-refractivity contribution is -0.119. The van der Waals surface area contributed by atoms with Gasteiger partial charge in [-0.1, -0.05) is 0 Å². The number of hydrogen-bond donors (Lipinski definition) is 0. The summed E-state index contributed by atoms with van der Waals surface area (Å²) >= 11 is 0. The van der Waals surface area contributed by atoms with Gasteiger partial charge < -0.3 is 0 Å². The predicted molar refractivity (Wildman–Crippen MR) is 57.9 cm³/mol. The van der Waals surface area contributed by atoms with Crippen molar-refractivity contribution in [2.75, 3.05) is 13.6 Å². The van der Waals surface area contributed by atoms with Gasteiger partial charge in [0.1, 0.15) is 11.6 Å².